The molecule has 8 heteroatoms. The Morgan fingerprint density at radius 3 is 2.79 bits per heavy atom. The van der Waals surface area contributed by atoms with E-state index >= 15 is 0 Å². The van der Waals surface area contributed by atoms with Gasteiger partial charge in [0.05, 0.1) is 17.6 Å². The average Bonchev–Trinajstić information content (AvgIpc) is 2.83. The molecule has 0 radical (unpaired) electrons. The zero-order valence-electron chi connectivity index (χ0n) is 9.75. The van der Waals surface area contributed by atoms with Gasteiger partial charge in [0.2, 0.25) is 0 Å². The summed E-state index contributed by atoms with van der Waals surface area (Å²) in [6.45, 7) is -2.53. The van der Waals surface area contributed by atoms with Crippen LogP contribution in [0.4, 0.5) is 14.5 Å². The Labute approximate surface area is 107 Å². The third kappa shape index (κ3) is 3.50. The molecule has 0 aromatic heterocycles. The highest BCUT2D eigenvalue weighted by molar-refractivity contribution is 5.48. The number of non-ortho nitro benzene ring substituents is 1. The van der Waals surface area contributed by atoms with Gasteiger partial charge < -0.3 is 14.2 Å². The van der Waals surface area contributed by atoms with Crippen molar-refractivity contribution in [3.8, 4) is 11.5 Å². The maximum Gasteiger partial charge on any atom is 0.387 e. The van der Waals surface area contributed by atoms with Crippen molar-refractivity contribution in [3.05, 3.63) is 28.3 Å². The molecule has 1 aromatic rings. The summed E-state index contributed by atoms with van der Waals surface area (Å²) in [5, 5.41) is 10.7. The van der Waals surface area contributed by atoms with Crippen LogP contribution in [0.3, 0.4) is 0 Å². The van der Waals surface area contributed by atoms with E-state index in [1.54, 1.807) is 0 Å². The van der Waals surface area contributed by atoms with E-state index < -0.39 is 17.8 Å². The quantitative estimate of drug-likeness (QED) is 0.610. The fraction of sp³-hybridized carbons (Fsp3) is 0.455. The highest BCUT2D eigenvalue weighted by atomic mass is 19.3. The molecule has 0 N–H and O–H groups in total. The van der Waals surface area contributed by atoms with Crippen molar-refractivity contribution in [3.63, 3.8) is 0 Å². The third-order valence-corrected chi connectivity index (χ3v) is 2.50. The lowest BCUT2D eigenvalue weighted by Crippen LogP contribution is -2.15. The molecule has 1 heterocycles. The molecular weight excluding hydrogens is 264 g/mol. The molecule has 104 valence electrons. The summed E-state index contributed by atoms with van der Waals surface area (Å²) in [7, 11) is 0. The van der Waals surface area contributed by atoms with Gasteiger partial charge in [-0.15, -0.1) is 0 Å². The van der Waals surface area contributed by atoms with E-state index in [1.165, 1.54) is 0 Å². The van der Waals surface area contributed by atoms with Gasteiger partial charge in [0.15, 0.2) is 17.8 Å². The molecule has 6 nitrogen and oxygen atoms in total. The number of benzene rings is 1. The van der Waals surface area contributed by atoms with Gasteiger partial charge in [-0.3, -0.25) is 10.1 Å². The summed E-state index contributed by atoms with van der Waals surface area (Å²) in [6.07, 6.45) is 0.781. The molecule has 1 aliphatic heterocycles. The van der Waals surface area contributed by atoms with Crippen molar-refractivity contribution in [2.24, 2.45) is 0 Å². The Morgan fingerprint density at radius 2 is 2.21 bits per heavy atom. The Morgan fingerprint density at radius 1 is 1.42 bits per heavy atom. The first-order valence-corrected chi connectivity index (χ1v) is 5.58. The lowest BCUT2D eigenvalue weighted by molar-refractivity contribution is -0.385. The molecule has 0 bridgehead atoms. The summed E-state index contributed by atoms with van der Waals surface area (Å²) in [4.78, 5) is 10.0. The molecule has 1 unspecified atom stereocenters. The normalized spacial score (nSPS) is 18.6. The number of ether oxygens (including phenoxy) is 3. The first-order chi connectivity index (χ1) is 9.06. The Kier molecular flexibility index (Phi) is 4.10. The van der Waals surface area contributed by atoms with E-state index in [9.17, 15) is 18.9 Å². The van der Waals surface area contributed by atoms with Crippen LogP contribution in [0.15, 0.2) is 18.2 Å². The van der Waals surface area contributed by atoms with E-state index in [0.717, 1.165) is 24.6 Å². The van der Waals surface area contributed by atoms with Crippen molar-refractivity contribution in [1.82, 2.24) is 0 Å². The standard InChI is InChI=1S/C11H11F2NO5/c12-11(13)19-8-4-3-7(14(15)16)6-9(8)18-10-2-1-5-17-10/h3-4,6,10-11H,1-2,5H2. The van der Waals surface area contributed by atoms with Crippen LogP contribution in [0, 0.1) is 10.1 Å². The zero-order chi connectivity index (χ0) is 13.8. The fourth-order valence-corrected chi connectivity index (χ4v) is 1.68. The molecule has 19 heavy (non-hydrogen) atoms. The number of halogens is 2. The summed E-state index contributed by atoms with van der Waals surface area (Å²) in [6, 6.07) is 3.19. The molecule has 0 aliphatic carbocycles. The molecule has 0 amide bonds. The second-order valence-electron chi connectivity index (χ2n) is 3.83. The van der Waals surface area contributed by atoms with Crippen LogP contribution >= 0.6 is 0 Å². The van der Waals surface area contributed by atoms with Gasteiger partial charge in [0, 0.05) is 12.5 Å². The third-order valence-electron chi connectivity index (χ3n) is 2.50. The molecule has 1 saturated heterocycles. The maximum absolute atomic E-state index is 12.2. The van der Waals surface area contributed by atoms with Crippen LogP contribution < -0.4 is 9.47 Å². The lowest BCUT2D eigenvalue weighted by Gasteiger charge is -2.15. The Balaban J connectivity index is 2.23. The second kappa shape index (κ2) is 5.79. The smallest absolute Gasteiger partial charge is 0.387 e. The number of alkyl halides is 2. The van der Waals surface area contributed by atoms with Gasteiger partial charge in [-0.25, -0.2) is 0 Å². The minimum absolute atomic E-state index is 0.124. The highest BCUT2D eigenvalue weighted by Gasteiger charge is 2.22. The van der Waals surface area contributed by atoms with Gasteiger partial charge >= 0.3 is 6.61 Å². The summed E-state index contributed by atoms with van der Waals surface area (Å²) in [5.41, 5.74) is -0.269. The summed E-state index contributed by atoms with van der Waals surface area (Å²) in [5.74, 6) is -0.377. The van der Waals surface area contributed by atoms with Gasteiger partial charge in [0.25, 0.3) is 5.69 Å². The first kappa shape index (κ1) is 13.5. The average molecular weight is 275 g/mol. The monoisotopic (exact) mass is 275 g/mol. The fourth-order valence-electron chi connectivity index (χ4n) is 1.68. The van der Waals surface area contributed by atoms with Crippen molar-refractivity contribution >= 4 is 5.69 Å². The number of nitrogens with zero attached hydrogens (tertiary/aromatic N) is 1. The predicted molar refractivity (Wildman–Crippen MR) is 59.3 cm³/mol. The molecule has 1 aromatic carbocycles. The number of nitro groups is 1. The molecule has 0 spiro atoms. The van der Waals surface area contributed by atoms with Crippen LogP contribution in [-0.2, 0) is 4.74 Å². The van der Waals surface area contributed by atoms with Crippen molar-refractivity contribution in [2.45, 2.75) is 25.7 Å². The van der Waals surface area contributed by atoms with Crippen LogP contribution in [0.5, 0.6) is 11.5 Å². The number of rotatable bonds is 5. The predicted octanol–water partition coefficient (Wildman–Crippen LogP) is 2.71. The highest BCUT2D eigenvalue weighted by Crippen LogP contribution is 2.34. The van der Waals surface area contributed by atoms with Crippen molar-refractivity contribution < 1.29 is 27.9 Å². The second-order valence-corrected chi connectivity index (χ2v) is 3.83. The SMILES string of the molecule is O=[N+]([O-])c1ccc(OC(F)F)c(OC2CCCO2)c1. The maximum atomic E-state index is 12.2. The lowest BCUT2D eigenvalue weighted by atomic mass is 10.3. The van der Waals surface area contributed by atoms with E-state index in [4.69, 9.17) is 9.47 Å². The van der Waals surface area contributed by atoms with Gasteiger partial charge in [-0.1, -0.05) is 0 Å². The van der Waals surface area contributed by atoms with Gasteiger partial charge in [-0.2, -0.15) is 8.78 Å². The number of hydrogen-bond donors (Lipinski definition) is 0. The Bertz CT molecular complexity index is 462. The minimum atomic E-state index is -3.03. The van der Waals surface area contributed by atoms with E-state index in [2.05, 4.69) is 4.74 Å². The van der Waals surface area contributed by atoms with Crippen molar-refractivity contribution in [2.75, 3.05) is 6.61 Å². The number of hydrogen-bond acceptors (Lipinski definition) is 5. The largest absolute Gasteiger partial charge is 0.461 e. The van der Waals surface area contributed by atoms with E-state index in [-0.39, 0.29) is 17.2 Å². The summed E-state index contributed by atoms with van der Waals surface area (Å²) >= 11 is 0. The molecule has 1 atom stereocenters. The van der Waals surface area contributed by atoms with Crippen LogP contribution in [0.2, 0.25) is 0 Å². The van der Waals surface area contributed by atoms with Crippen molar-refractivity contribution in [1.29, 1.82) is 0 Å². The van der Waals surface area contributed by atoms with Crippen LogP contribution in [-0.4, -0.2) is 24.4 Å². The Hall–Kier alpha value is -1.96. The van der Waals surface area contributed by atoms with Crippen LogP contribution in [0.1, 0.15) is 12.8 Å². The number of nitro benzene ring substituents is 1. The molecule has 0 saturated carbocycles. The molecule has 1 fully saturated rings. The van der Waals surface area contributed by atoms with Gasteiger partial charge in [-0.05, 0) is 12.5 Å². The summed E-state index contributed by atoms with van der Waals surface area (Å²) < 4.78 is 39.2. The molecule has 1 aliphatic rings. The van der Waals surface area contributed by atoms with Crippen LogP contribution in [0.25, 0.3) is 0 Å². The zero-order valence-corrected chi connectivity index (χ0v) is 9.75. The topological polar surface area (TPSA) is 70.8 Å². The first-order valence-electron chi connectivity index (χ1n) is 5.58. The van der Waals surface area contributed by atoms with E-state index in [0.29, 0.717) is 13.0 Å². The molecular formula is C11H11F2NO5. The molecule has 2 rings (SSSR count). The van der Waals surface area contributed by atoms with E-state index in [1.807, 2.05) is 0 Å². The minimum Gasteiger partial charge on any atom is -0.461 e. The van der Waals surface area contributed by atoms with Gasteiger partial charge in [0.1, 0.15) is 0 Å².